The number of likely N-dealkylation sites (tertiary alicyclic amines) is 1. The van der Waals surface area contributed by atoms with Crippen molar-refractivity contribution in [3.8, 4) is 0 Å². The highest BCUT2D eigenvalue weighted by Gasteiger charge is 2.28. The third-order valence-electron chi connectivity index (χ3n) is 3.33. The van der Waals surface area contributed by atoms with E-state index in [1.165, 1.54) is 0 Å². The van der Waals surface area contributed by atoms with Crippen molar-refractivity contribution >= 4 is 24.2 Å². The van der Waals surface area contributed by atoms with E-state index >= 15 is 0 Å². The molecule has 1 atom stereocenters. The molecule has 1 unspecified atom stereocenters. The highest BCUT2D eigenvalue weighted by Crippen LogP contribution is 2.12. The van der Waals surface area contributed by atoms with Crippen molar-refractivity contribution in [2.75, 3.05) is 26.2 Å². The van der Waals surface area contributed by atoms with E-state index in [0.717, 1.165) is 0 Å². The van der Waals surface area contributed by atoms with Crippen LogP contribution in [0.5, 0.6) is 0 Å². The van der Waals surface area contributed by atoms with Crippen LogP contribution < -0.4 is 10.6 Å². The molecule has 2 amide bonds. The summed E-state index contributed by atoms with van der Waals surface area (Å²) in [7, 11) is 0. The second kappa shape index (κ2) is 6.92. The van der Waals surface area contributed by atoms with Crippen LogP contribution >= 0.6 is 12.4 Å². The van der Waals surface area contributed by atoms with Crippen LogP contribution in [0.3, 0.4) is 0 Å². The Morgan fingerprint density at radius 1 is 1.33 bits per heavy atom. The maximum absolute atomic E-state index is 11.9. The van der Waals surface area contributed by atoms with Crippen molar-refractivity contribution in [2.24, 2.45) is 0 Å². The van der Waals surface area contributed by atoms with E-state index in [-0.39, 0.29) is 36.7 Å². The fourth-order valence-electron chi connectivity index (χ4n) is 2.23. The van der Waals surface area contributed by atoms with E-state index in [0.29, 0.717) is 39.0 Å². The summed E-state index contributed by atoms with van der Waals surface area (Å²) in [6.45, 7) is 2.52. The van der Waals surface area contributed by atoms with Gasteiger partial charge in [0.15, 0.2) is 0 Å². The third kappa shape index (κ3) is 3.83. The van der Waals surface area contributed by atoms with E-state index < -0.39 is 6.04 Å². The molecular weight excluding hydrogens is 258 g/mol. The molecule has 7 heteroatoms. The zero-order chi connectivity index (χ0) is 12.3. The van der Waals surface area contributed by atoms with Gasteiger partial charge < -0.3 is 20.6 Å². The Morgan fingerprint density at radius 2 is 2.00 bits per heavy atom. The summed E-state index contributed by atoms with van der Waals surface area (Å²) < 4.78 is 0. The number of rotatable bonds is 2. The van der Waals surface area contributed by atoms with Crippen molar-refractivity contribution in [1.82, 2.24) is 15.5 Å². The summed E-state index contributed by atoms with van der Waals surface area (Å²) in [5.41, 5.74) is 0. The van der Waals surface area contributed by atoms with Crippen LogP contribution in [0.4, 0.5) is 0 Å². The van der Waals surface area contributed by atoms with Gasteiger partial charge in [0.2, 0.25) is 11.8 Å². The van der Waals surface area contributed by atoms with Gasteiger partial charge in [0, 0.05) is 26.2 Å². The van der Waals surface area contributed by atoms with Crippen LogP contribution in [0, 0.1) is 0 Å². The molecule has 0 aromatic rings. The van der Waals surface area contributed by atoms with Crippen molar-refractivity contribution < 1.29 is 14.7 Å². The van der Waals surface area contributed by atoms with Crippen LogP contribution in [-0.2, 0) is 9.59 Å². The van der Waals surface area contributed by atoms with E-state index in [9.17, 15) is 14.7 Å². The molecule has 2 rings (SSSR count). The number of hydrogen-bond donors (Lipinski definition) is 3. The van der Waals surface area contributed by atoms with Crippen molar-refractivity contribution in [1.29, 1.82) is 0 Å². The SMILES string of the molecule is Cl.O=C1NCCNC1CC(=O)N1CCC(O)CC1. The Kier molecular flexibility index (Phi) is 5.84. The highest BCUT2D eigenvalue weighted by molar-refractivity contribution is 5.88. The normalized spacial score (nSPS) is 25.3. The first-order valence-corrected chi connectivity index (χ1v) is 6.14. The average molecular weight is 278 g/mol. The molecule has 0 aromatic heterocycles. The lowest BCUT2D eigenvalue weighted by Crippen LogP contribution is -2.55. The van der Waals surface area contributed by atoms with E-state index in [2.05, 4.69) is 10.6 Å². The molecule has 0 aromatic carbocycles. The molecule has 2 aliphatic rings. The predicted octanol–water partition coefficient (Wildman–Crippen LogP) is -1.13. The molecule has 2 aliphatic heterocycles. The van der Waals surface area contributed by atoms with Gasteiger partial charge in [-0.05, 0) is 12.8 Å². The number of halogens is 1. The molecule has 0 saturated carbocycles. The second-order valence-electron chi connectivity index (χ2n) is 4.61. The van der Waals surface area contributed by atoms with Gasteiger partial charge in [-0.3, -0.25) is 9.59 Å². The third-order valence-corrected chi connectivity index (χ3v) is 3.33. The topological polar surface area (TPSA) is 81.7 Å². The molecule has 6 nitrogen and oxygen atoms in total. The Morgan fingerprint density at radius 3 is 2.61 bits per heavy atom. The minimum absolute atomic E-state index is 0. The first-order chi connectivity index (χ1) is 8.16. The van der Waals surface area contributed by atoms with Crippen LogP contribution in [0.1, 0.15) is 19.3 Å². The molecule has 2 heterocycles. The van der Waals surface area contributed by atoms with E-state index in [4.69, 9.17) is 0 Å². The van der Waals surface area contributed by atoms with Gasteiger partial charge in [0.05, 0.1) is 18.6 Å². The lowest BCUT2D eigenvalue weighted by molar-refractivity contribution is -0.137. The van der Waals surface area contributed by atoms with Gasteiger partial charge in [0.1, 0.15) is 0 Å². The number of aliphatic hydroxyl groups is 1. The lowest BCUT2D eigenvalue weighted by atomic mass is 10.1. The summed E-state index contributed by atoms with van der Waals surface area (Å²) in [6.07, 6.45) is 1.20. The van der Waals surface area contributed by atoms with Crippen molar-refractivity contribution in [2.45, 2.75) is 31.4 Å². The highest BCUT2D eigenvalue weighted by atomic mass is 35.5. The summed E-state index contributed by atoms with van der Waals surface area (Å²) >= 11 is 0. The molecule has 2 saturated heterocycles. The van der Waals surface area contributed by atoms with Crippen molar-refractivity contribution in [3.05, 3.63) is 0 Å². The van der Waals surface area contributed by atoms with Gasteiger partial charge >= 0.3 is 0 Å². The van der Waals surface area contributed by atoms with Crippen LogP contribution in [0.15, 0.2) is 0 Å². The number of carbonyl (C=O) groups is 2. The molecule has 104 valence electrons. The van der Waals surface area contributed by atoms with Crippen LogP contribution in [0.25, 0.3) is 0 Å². The van der Waals surface area contributed by atoms with Gasteiger partial charge in [-0.15, -0.1) is 12.4 Å². The van der Waals surface area contributed by atoms with Gasteiger partial charge in [-0.25, -0.2) is 0 Å². The van der Waals surface area contributed by atoms with Crippen LogP contribution in [-0.4, -0.2) is 60.1 Å². The number of carbonyl (C=O) groups excluding carboxylic acids is 2. The number of hydrogen-bond acceptors (Lipinski definition) is 4. The standard InChI is InChI=1S/C11H19N3O3.ClH/c15-8-1-5-14(6-2-8)10(16)7-9-11(17)13-4-3-12-9;/h8-9,12,15H,1-7H2,(H,13,17);1H. The Hall–Kier alpha value is -0.850. The summed E-state index contributed by atoms with van der Waals surface area (Å²) in [4.78, 5) is 25.2. The summed E-state index contributed by atoms with van der Waals surface area (Å²) in [5.74, 6) is -0.104. The number of piperidine rings is 1. The average Bonchev–Trinajstić information content (AvgIpc) is 2.33. The van der Waals surface area contributed by atoms with Gasteiger partial charge in [0.25, 0.3) is 0 Å². The summed E-state index contributed by atoms with van der Waals surface area (Å²) in [6, 6.07) is -0.400. The largest absolute Gasteiger partial charge is 0.393 e. The molecule has 0 aliphatic carbocycles. The zero-order valence-corrected chi connectivity index (χ0v) is 11.0. The minimum Gasteiger partial charge on any atom is -0.393 e. The molecule has 18 heavy (non-hydrogen) atoms. The maximum atomic E-state index is 11.9. The molecular formula is C11H20ClN3O3. The number of nitrogens with one attached hydrogen (secondary N) is 2. The Balaban J connectivity index is 0.00000162. The summed E-state index contributed by atoms with van der Waals surface area (Å²) in [5, 5.41) is 15.1. The Labute approximate surface area is 113 Å². The quantitative estimate of drug-likeness (QED) is 0.597. The molecule has 0 bridgehead atoms. The first-order valence-electron chi connectivity index (χ1n) is 6.14. The second-order valence-corrected chi connectivity index (χ2v) is 4.61. The van der Waals surface area contributed by atoms with Crippen molar-refractivity contribution in [3.63, 3.8) is 0 Å². The fourth-order valence-corrected chi connectivity index (χ4v) is 2.23. The van der Waals surface area contributed by atoms with Gasteiger partial charge in [-0.2, -0.15) is 0 Å². The number of nitrogens with zero attached hydrogens (tertiary/aromatic N) is 1. The maximum Gasteiger partial charge on any atom is 0.237 e. The minimum atomic E-state index is -0.400. The van der Waals surface area contributed by atoms with Gasteiger partial charge in [-0.1, -0.05) is 0 Å². The molecule has 0 radical (unpaired) electrons. The van der Waals surface area contributed by atoms with E-state index in [1.807, 2.05) is 0 Å². The smallest absolute Gasteiger partial charge is 0.237 e. The number of amides is 2. The number of piperazine rings is 1. The molecule has 3 N–H and O–H groups in total. The fraction of sp³-hybridized carbons (Fsp3) is 0.818. The zero-order valence-electron chi connectivity index (χ0n) is 10.2. The number of aliphatic hydroxyl groups excluding tert-OH is 1. The lowest BCUT2D eigenvalue weighted by Gasteiger charge is -2.31. The Bertz CT molecular complexity index is 306. The predicted molar refractivity (Wildman–Crippen MR) is 68.5 cm³/mol. The molecule has 2 fully saturated rings. The molecule has 0 spiro atoms. The van der Waals surface area contributed by atoms with Crippen LogP contribution in [0.2, 0.25) is 0 Å². The first kappa shape index (κ1) is 15.2. The van der Waals surface area contributed by atoms with E-state index in [1.54, 1.807) is 4.90 Å². The monoisotopic (exact) mass is 277 g/mol.